The Kier molecular flexibility index (Phi) is 4.36. The van der Waals surface area contributed by atoms with Crippen LogP contribution in [0, 0.1) is 0 Å². The van der Waals surface area contributed by atoms with E-state index < -0.39 is 5.97 Å². The van der Waals surface area contributed by atoms with E-state index in [9.17, 15) is 9.59 Å². The second-order valence-corrected chi connectivity index (χ2v) is 5.11. The van der Waals surface area contributed by atoms with Crippen molar-refractivity contribution >= 4 is 45.1 Å². The molecule has 2 rings (SSSR count). The van der Waals surface area contributed by atoms with E-state index >= 15 is 0 Å². The first-order chi connectivity index (χ1) is 9.47. The predicted molar refractivity (Wildman–Crippen MR) is 78.3 cm³/mol. The third-order valence-electron chi connectivity index (χ3n) is 2.41. The number of amides is 1. The number of pyridine rings is 1. The normalized spacial score (nSPS) is 10.1. The first-order valence-corrected chi connectivity index (χ1v) is 6.60. The van der Waals surface area contributed by atoms with Crippen molar-refractivity contribution in [3.05, 3.63) is 57.3 Å². The fourth-order valence-electron chi connectivity index (χ4n) is 1.46. The zero-order valence-electron chi connectivity index (χ0n) is 9.93. The highest BCUT2D eigenvalue weighted by molar-refractivity contribution is 9.10. The number of carbonyl (C=O) groups is 2. The molecule has 20 heavy (non-hydrogen) atoms. The van der Waals surface area contributed by atoms with Crippen molar-refractivity contribution < 1.29 is 14.7 Å². The third-order valence-corrected chi connectivity index (χ3v) is 3.34. The average molecular weight is 356 g/mol. The van der Waals surface area contributed by atoms with Gasteiger partial charge >= 0.3 is 5.97 Å². The number of aromatic nitrogens is 1. The number of nitrogens with zero attached hydrogens (tertiary/aromatic N) is 1. The van der Waals surface area contributed by atoms with Gasteiger partial charge in [0, 0.05) is 9.50 Å². The van der Waals surface area contributed by atoms with Crippen LogP contribution < -0.4 is 5.32 Å². The lowest BCUT2D eigenvalue weighted by Crippen LogP contribution is -2.13. The number of carbonyl (C=O) groups excluding carboxylic acids is 1. The van der Waals surface area contributed by atoms with Crippen LogP contribution in [0.2, 0.25) is 5.02 Å². The number of carboxylic acids is 1. The molecular weight excluding hydrogens is 348 g/mol. The Bertz CT molecular complexity index is 674. The van der Waals surface area contributed by atoms with Crippen LogP contribution in [0.15, 0.2) is 41.0 Å². The van der Waals surface area contributed by atoms with Crippen LogP contribution in [0.3, 0.4) is 0 Å². The maximum atomic E-state index is 12.1. The standard InChI is InChI=1S/C13H8BrClN2O3/c14-10-3-1-7(15)5-9(10)12(18)17-8-2-4-11(13(19)20)16-6-8/h1-6H,(H,17,18)(H,19,20). The molecule has 2 aromatic rings. The lowest BCUT2D eigenvalue weighted by atomic mass is 10.2. The number of carboxylic acid groups (broad SMARTS) is 1. The summed E-state index contributed by atoms with van der Waals surface area (Å²) >= 11 is 9.10. The molecular formula is C13H8BrClN2O3. The van der Waals surface area contributed by atoms with Gasteiger partial charge in [0.15, 0.2) is 0 Å². The Morgan fingerprint density at radius 1 is 1.25 bits per heavy atom. The molecule has 1 aromatic carbocycles. The summed E-state index contributed by atoms with van der Waals surface area (Å²) in [4.78, 5) is 26.4. The van der Waals surface area contributed by atoms with Gasteiger partial charge in [0.2, 0.25) is 0 Å². The van der Waals surface area contributed by atoms with E-state index in [0.717, 1.165) is 0 Å². The molecule has 2 N–H and O–H groups in total. The Morgan fingerprint density at radius 3 is 2.60 bits per heavy atom. The number of anilines is 1. The minimum Gasteiger partial charge on any atom is -0.477 e. The summed E-state index contributed by atoms with van der Waals surface area (Å²) < 4.78 is 0.606. The van der Waals surface area contributed by atoms with E-state index in [1.165, 1.54) is 24.4 Å². The number of hydrogen-bond acceptors (Lipinski definition) is 3. The summed E-state index contributed by atoms with van der Waals surface area (Å²) in [5.41, 5.74) is 0.679. The van der Waals surface area contributed by atoms with E-state index in [-0.39, 0.29) is 11.6 Å². The van der Waals surface area contributed by atoms with Crippen LogP contribution in [-0.2, 0) is 0 Å². The van der Waals surface area contributed by atoms with Crippen LogP contribution in [0.25, 0.3) is 0 Å². The minimum absolute atomic E-state index is 0.0908. The number of aromatic carboxylic acids is 1. The Morgan fingerprint density at radius 2 is 2.00 bits per heavy atom. The largest absolute Gasteiger partial charge is 0.477 e. The fourth-order valence-corrected chi connectivity index (χ4v) is 2.06. The summed E-state index contributed by atoms with van der Waals surface area (Å²) in [6, 6.07) is 7.63. The van der Waals surface area contributed by atoms with Crippen LogP contribution in [-0.4, -0.2) is 22.0 Å². The molecule has 1 heterocycles. The molecule has 7 heteroatoms. The Labute approximate surface area is 127 Å². The van der Waals surface area contributed by atoms with Gasteiger partial charge in [-0.05, 0) is 46.3 Å². The number of hydrogen-bond donors (Lipinski definition) is 2. The van der Waals surface area contributed by atoms with Crippen molar-refractivity contribution in [3.63, 3.8) is 0 Å². The van der Waals surface area contributed by atoms with Gasteiger partial charge in [-0.15, -0.1) is 0 Å². The molecule has 1 amide bonds. The van der Waals surface area contributed by atoms with Gasteiger partial charge in [-0.3, -0.25) is 4.79 Å². The van der Waals surface area contributed by atoms with E-state index in [4.69, 9.17) is 16.7 Å². The molecule has 0 aliphatic carbocycles. The van der Waals surface area contributed by atoms with Gasteiger partial charge in [0.1, 0.15) is 5.69 Å². The van der Waals surface area contributed by atoms with Gasteiger partial charge < -0.3 is 10.4 Å². The minimum atomic E-state index is -1.12. The fraction of sp³-hybridized carbons (Fsp3) is 0. The van der Waals surface area contributed by atoms with Gasteiger partial charge in [-0.1, -0.05) is 11.6 Å². The molecule has 0 aliphatic heterocycles. The van der Waals surface area contributed by atoms with Crippen molar-refractivity contribution in [2.75, 3.05) is 5.32 Å². The second kappa shape index (κ2) is 6.02. The molecule has 0 radical (unpaired) electrons. The number of benzene rings is 1. The molecule has 102 valence electrons. The van der Waals surface area contributed by atoms with Crippen LogP contribution >= 0.6 is 27.5 Å². The first-order valence-electron chi connectivity index (χ1n) is 5.43. The maximum absolute atomic E-state index is 12.1. The molecule has 0 aliphatic rings. The lowest BCUT2D eigenvalue weighted by molar-refractivity contribution is 0.0690. The summed E-state index contributed by atoms with van der Waals surface area (Å²) in [5, 5.41) is 11.8. The summed E-state index contributed by atoms with van der Waals surface area (Å²) in [6.07, 6.45) is 1.28. The highest BCUT2D eigenvalue weighted by Crippen LogP contribution is 2.22. The smallest absolute Gasteiger partial charge is 0.354 e. The van der Waals surface area contributed by atoms with Crippen LogP contribution in [0.4, 0.5) is 5.69 Å². The maximum Gasteiger partial charge on any atom is 0.354 e. The quantitative estimate of drug-likeness (QED) is 0.884. The molecule has 0 unspecified atom stereocenters. The highest BCUT2D eigenvalue weighted by Gasteiger charge is 2.11. The number of rotatable bonds is 3. The summed E-state index contributed by atoms with van der Waals surface area (Å²) in [5.74, 6) is -1.50. The lowest BCUT2D eigenvalue weighted by Gasteiger charge is -2.07. The van der Waals surface area contributed by atoms with Crippen molar-refractivity contribution in [1.82, 2.24) is 4.98 Å². The van der Waals surface area contributed by atoms with Gasteiger partial charge in [-0.2, -0.15) is 0 Å². The molecule has 5 nitrogen and oxygen atoms in total. The highest BCUT2D eigenvalue weighted by atomic mass is 79.9. The topological polar surface area (TPSA) is 79.3 Å². The second-order valence-electron chi connectivity index (χ2n) is 3.82. The Hall–Kier alpha value is -1.92. The average Bonchev–Trinajstić information content (AvgIpc) is 2.42. The van der Waals surface area contributed by atoms with Crippen molar-refractivity contribution in [2.45, 2.75) is 0 Å². The SMILES string of the molecule is O=C(O)c1ccc(NC(=O)c2cc(Cl)ccc2Br)cn1. The molecule has 1 aromatic heterocycles. The van der Waals surface area contributed by atoms with E-state index in [2.05, 4.69) is 26.2 Å². The monoisotopic (exact) mass is 354 g/mol. The molecule has 0 atom stereocenters. The zero-order chi connectivity index (χ0) is 14.7. The first kappa shape index (κ1) is 14.5. The van der Waals surface area contributed by atoms with Crippen molar-refractivity contribution in [1.29, 1.82) is 0 Å². The van der Waals surface area contributed by atoms with Gasteiger partial charge in [0.25, 0.3) is 5.91 Å². The number of halogens is 2. The molecule has 0 saturated heterocycles. The summed E-state index contributed by atoms with van der Waals surface area (Å²) in [7, 11) is 0. The number of nitrogens with one attached hydrogen (secondary N) is 1. The van der Waals surface area contributed by atoms with Gasteiger partial charge in [0.05, 0.1) is 17.4 Å². The summed E-state index contributed by atoms with van der Waals surface area (Å²) in [6.45, 7) is 0. The molecule has 0 spiro atoms. The Balaban J connectivity index is 2.19. The van der Waals surface area contributed by atoms with E-state index in [1.54, 1.807) is 12.1 Å². The molecule has 0 fully saturated rings. The van der Waals surface area contributed by atoms with Crippen molar-refractivity contribution in [3.8, 4) is 0 Å². The molecule has 0 saturated carbocycles. The van der Waals surface area contributed by atoms with Gasteiger partial charge in [-0.25, -0.2) is 9.78 Å². The molecule has 0 bridgehead atoms. The van der Waals surface area contributed by atoms with Crippen molar-refractivity contribution in [2.24, 2.45) is 0 Å². The van der Waals surface area contributed by atoms with Crippen LogP contribution in [0.5, 0.6) is 0 Å². The predicted octanol–water partition coefficient (Wildman–Crippen LogP) is 3.45. The zero-order valence-corrected chi connectivity index (χ0v) is 12.3. The van der Waals surface area contributed by atoms with E-state index in [1.807, 2.05) is 0 Å². The third kappa shape index (κ3) is 3.34. The van der Waals surface area contributed by atoms with Crippen LogP contribution in [0.1, 0.15) is 20.8 Å². The van der Waals surface area contributed by atoms with E-state index in [0.29, 0.717) is 20.7 Å².